The van der Waals surface area contributed by atoms with Gasteiger partial charge in [0.15, 0.2) is 6.29 Å². The molecule has 1 aliphatic heterocycles. The molecule has 3 heterocycles. The lowest BCUT2D eigenvalue weighted by atomic mass is 10.0. The van der Waals surface area contributed by atoms with Crippen LogP contribution in [0.1, 0.15) is 40.3 Å². The van der Waals surface area contributed by atoms with Crippen molar-refractivity contribution in [2.45, 2.75) is 45.9 Å². The minimum absolute atomic E-state index is 0.105. The summed E-state index contributed by atoms with van der Waals surface area (Å²) in [7, 11) is 0. The minimum atomic E-state index is -1.42. The van der Waals surface area contributed by atoms with Gasteiger partial charge in [-0.05, 0) is 37.5 Å². The second kappa shape index (κ2) is 6.74. The van der Waals surface area contributed by atoms with Gasteiger partial charge >= 0.3 is 0 Å². The molecule has 0 bridgehead atoms. The summed E-state index contributed by atoms with van der Waals surface area (Å²) < 4.78 is 0. The highest BCUT2D eigenvalue weighted by Gasteiger charge is 2.34. The van der Waals surface area contributed by atoms with Crippen LogP contribution in [-0.2, 0) is 6.54 Å². The maximum atomic E-state index is 9.39. The number of hydrogen-bond acceptors (Lipinski definition) is 7. The van der Waals surface area contributed by atoms with Crippen molar-refractivity contribution in [1.82, 2.24) is 15.0 Å². The summed E-state index contributed by atoms with van der Waals surface area (Å²) in [5.41, 5.74) is 10.9. The molecule has 0 amide bonds. The molecule has 0 saturated heterocycles. The first-order chi connectivity index (χ1) is 11.8. The highest BCUT2D eigenvalue weighted by atomic mass is 35.5. The molecule has 3 rings (SSSR count). The Bertz CT molecular complexity index is 812. The first-order valence-corrected chi connectivity index (χ1v) is 8.51. The normalized spacial score (nSPS) is 16.6. The Hall–Kier alpha value is -1.96. The molecule has 1 atom stereocenters. The molecule has 0 fully saturated rings. The van der Waals surface area contributed by atoms with Gasteiger partial charge in [-0.25, -0.2) is 4.98 Å². The Kier molecular flexibility index (Phi) is 4.81. The number of pyridine rings is 1. The number of aliphatic hydroxyl groups is 2. The van der Waals surface area contributed by atoms with Gasteiger partial charge < -0.3 is 20.8 Å². The third-order valence-corrected chi connectivity index (χ3v) is 5.19. The largest absolute Gasteiger partial charge is 0.368 e. The number of nitrogens with zero attached hydrogens (tertiary/aromatic N) is 4. The maximum absolute atomic E-state index is 9.39. The van der Waals surface area contributed by atoms with Crippen LogP contribution in [0.3, 0.4) is 0 Å². The number of rotatable bonds is 4. The van der Waals surface area contributed by atoms with Gasteiger partial charge in [-0.1, -0.05) is 11.6 Å². The lowest BCUT2D eigenvalue weighted by Gasteiger charge is -2.21. The van der Waals surface area contributed by atoms with E-state index >= 15 is 0 Å². The van der Waals surface area contributed by atoms with Crippen LogP contribution in [0.5, 0.6) is 0 Å². The highest BCUT2D eigenvalue weighted by Crippen LogP contribution is 2.42. The zero-order chi connectivity index (χ0) is 18.3. The first-order valence-electron chi connectivity index (χ1n) is 8.13. The topological polar surface area (TPSA) is 108 Å². The average Bonchev–Trinajstić information content (AvgIpc) is 2.85. The van der Waals surface area contributed by atoms with Gasteiger partial charge in [0, 0.05) is 42.9 Å². The van der Waals surface area contributed by atoms with Crippen LogP contribution < -0.4 is 10.6 Å². The molecule has 1 unspecified atom stereocenters. The molecule has 0 saturated carbocycles. The van der Waals surface area contributed by atoms with Crippen LogP contribution in [-0.4, -0.2) is 38.0 Å². The zero-order valence-corrected chi connectivity index (χ0v) is 15.2. The monoisotopic (exact) mass is 363 g/mol. The lowest BCUT2D eigenvalue weighted by Crippen LogP contribution is -2.24. The lowest BCUT2D eigenvalue weighted by molar-refractivity contribution is -0.0489. The van der Waals surface area contributed by atoms with Crippen molar-refractivity contribution in [2.24, 2.45) is 0 Å². The molecule has 0 aromatic carbocycles. The van der Waals surface area contributed by atoms with Crippen molar-refractivity contribution in [2.75, 3.05) is 17.2 Å². The Balaban J connectivity index is 1.98. The number of nitrogens with two attached hydrogens (primary N) is 1. The third-order valence-electron chi connectivity index (χ3n) is 4.90. The molecule has 1 aliphatic rings. The Morgan fingerprint density at radius 3 is 2.68 bits per heavy atom. The number of aromatic nitrogens is 3. The molecule has 0 spiro atoms. The summed E-state index contributed by atoms with van der Waals surface area (Å²) in [6.07, 6.45) is 0.620. The molecule has 25 heavy (non-hydrogen) atoms. The second-order valence-corrected chi connectivity index (χ2v) is 6.88. The number of anilines is 2. The van der Waals surface area contributed by atoms with Crippen molar-refractivity contribution < 1.29 is 10.2 Å². The number of halogens is 1. The number of nitrogen functional groups attached to an aromatic ring is 1. The molecular weight excluding hydrogens is 342 g/mol. The van der Waals surface area contributed by atoms with E-state index in [1.54, 1.807) is 0 Å². The van der Waals surface area contributed by atoms with E-state index in [-0.39, 0.29) is 23.4 Å². The van der Waals surface area contributed by atoms with E-state index in [0.29, 0.717) is 18.9 Å². The summed E-state index contributed by atoms with van der Waals surface area (Å²) in [5.74, 6) is 0.595. The number of aryl methyl sites for hydroxylation is 1. The van der Waals surface area contributed by atoms with Gasteiger partial charge in [0.1, 0.15) is 11.0 Å². The Morgan fingerprint density at radius 1 is 1.28 bits per heavy atom. The molecule has 2 aromatic rings. The van der Waals surface area contributed by atoms with Crippen molar-refractivity contribution in [3.05, 3.63) is 39.3 Å². The SMILES string of the molecule is Cc1ncc(CN2CC(CC(O)O)c3c(Cl)nc(N)nc32)c(C)c1C. The second-order valence-electron chi connectivity index (χ2n) is 6.52. The Morgan fingerprint density at radius 2 is 2.00 bits per heavy atom. The van der Waals surface area contributed by atoms with Crippen molar-refractivity contribution >= 4 is 23.4 Å². The van der Waals surface area contributed by atoms with Crippen LogP contribution in [0.25, 0.3) is 0 Å². The Labute approximate surface area is 151 Å². The maximum Gasteiger partial charge on any atom is 0.223 e. The van der Waals surface area contributed by atoms with E-state index in [4.69, 9.17) is 17.3 Å². The minimum Gasteiger partial charge on any atom is -0.368 e. The number of aliphatic hydroxyl groups excluding tert-OH is 1. The number of hydrogen-bond donors (Lipinski definition) is 3. The van der Waals surface area contributed by atoms with E-state index in [0.717, 1.165) is 16.8 Å². The van der Waals surface area contributed by atoms with E-state index in [2.05, 4.69) is 28.8 Å². The summed E-state index contributed by atoms with van der Waals surface area (Å²) in [6.45, 7) is 7.28. The molecule has 8 heteroatoms. The first kappa shape index (κ1) is 17.8. The van der Waals surface area contributed by atoms with Crippen molar-refractivity contribution in [3.63, 3.8) is 0 Å². The third kappa shape index (κ3) is 3.40. The fourth-order valence-electron chi connectivity index (χ4n) is 3.31. The number of fused-ring (bicyclic) bond motifs is 1. The van der Waals surface area contributed by atoms with Gasteiger partial charge in [-0.2, -0.15) is 4.98 Å². The van der Waals surface area contributed by atoms with Crippen molar-refractivity contribution in [1.29, 1.82) is 0 Å². The van der Waals surface area contributed by atoms with Crippen molar-refractivity contribution in [3.8, 4) is 0 Å². The van der Waals surface area contributed by atoms with E-state index < -0.39 is 6.29 Å². The highest BCUT2D eigenvalue weighted by molar-refractivity contribution is 6.30. The summed E-state index contributed by atoms with van der Waals surface area (Å²) >= 11 is 6.27. The summed E-state index contributed by atoms with van der Waals surface area (Å²) in [6, 6.07) is 0. The average molecular weight is 364 g/mol. The van der Waals surface area contributed by atoms with Crippen LogP contribution in [0, 0.1) is 20.8 Å². The molecular formula is C17H22ClN5O2. The smallest absolute Gasteiger partial charge is 0.223 e. The van der Waals surface area contributed by atoms with Gasteiger partial charge in [0.25, 0.3) is 0 Å². The van der Waals surface area contributed by atoms with Gasteiger partial charge in [0.2, 0.25) is 5.95 Å². The predicted molar refractivity (Wildman–Crippen MR) is 96.5 cm³/mol. The quantitative estimate of drug-likeness (QED) is 0.561. The molecule has 4 N–H and O–H groups in total. The zero-order valence-electron chi connectivity index (χ0n) is 14.5. The standard InChI is InChI=1S/C17H22ClN5O2/c1-8-9(2)12(5-20-10(8)3)7-23-6-11(4-13(24)25)14-15(18)21-17(19)22-16(14)23/h5,11,13,24-25H,4,6-7H2,1-3H3,(H2,19,21,22). The molecule has 7 nitrogen and oxygen atoms in total. The summed E-state index contributed by atoms with van der Waals surface area (Å²) in [4.78, 5) is 14.9. The molecule has 2 aromatic heterocycles. The van der Waals surface area contributed by atoms with E-state index in [1.165, 1.54) is 11.1 Å². The summed E-state index contributed by atoms with van der Waals surface area (Å²) in [5, 5.41) is 19.0. The fraction of sp³-hybridized carbons (Fsp3) is 0.471. The van der Waals surface area contributed by atoms with Gasteiger partial charge in [0.05, 0.1) is 0 Å². The molecule has 0 radical (unpaired) electrons. The van der Waals surface area contributed by atoms with E-state index in [1.807, 2.05) is 18.0 Å². The molecule has 134 valence electrons. The van der Waals surface area contributed by atoms with E-state index in [9.17, 15) is 10.2 Å². The van der Waals surface area contributed by atoms with Gasteiger partial charge in [-0.15, -0.1) is 0 Å². The predicted octanol–water partition coefficient (Wildman–Crippen LogP) is 1.84. The van der Waals surface area contributed by atoms with Crippen LogP contribution in [0.15, 0.2) is 6.20 Å². The molecule has 0 aliphatic carbocycles. The van der Waals surface area contributed by atoms with Crippen LogP contribution in [0.2, 0.25) is 5.15 Å². The van der Waals surface area contributed by atoms with Gasteiger partial charge in [-0.3, -0.25) is 4.98 Å². The van der Waals surface area contributed by atoms with Crippen LogP contribution >= 0.6 is 11.6 Å². The fourth-order valence-corrected chi connectivity index (χ4v) is 3.64. The van der Waals surface area contributed by atoms with Crippen LogP contribution in [0.4, 0.5) is 11.8 Å².